The van der Waals surface area contributed by atoms with E-state index in [0.29, 0.717) is 0 Å². The van der Waals surface area contributed by atoms with E-state index < -0.39 is 0 Å². The fourth-order valence-corrected chi connectivity index (χ4v) is 3.84. The third-order valence-electron chi connectivity index (χ3n) is 4.71. The Bertz CT molecular complexity index is 821. The van der Waals surface area contributed by atoms with Crippen LogP contribution in [0, 0.1) is 12.8 Å². The molecule has 1 saturated carbocycles. The van der Waals surface area contributed by atoms with Crippen molar-refractivity contribution in [3.05, 3.63) is 35.0 Å². The number of nitrogens with zero attached hydrogens (tertiary/aromatic N) is 3. The predicted molar refractivity (Wildman–Crippen MR) is 132 cm³/mol. The third-order valence-corrected chi connectivity index (χ3v) is 5.69. The molecule has 0 saturated heterocycles. The zero-order valence-electron chi connectivity index (χ0n) is 19.2. The molecule has 0 radical (unpaired) electrons. The standard InChI is InChI=1S/C22H31N5S.C2H6/c1-4-6-8-10-18-15-24-21(28-18)19-16(3)26-22(25-14-17-11-12-17)27-20(19)23-13-9-7-5-2;1-2/h4,6,8,10,15,17H,5,7,9,11-14H2,1-3H3,(H2,23,25,26,27);1-2H3/b6-4-,10-8-;. The summed E-state index contributed by atoms with van der Waals surface area (Å²) in [5.74, 6) is 2.39. The summed E-state index contributed by atoms with van der Waals surface area (Å²) in [5.41, 5.74) is 1.98. The molecule has 0 aromatic carbocycles. The molecule has 1 aliphatic carbocycles. The summed E-state index contributed by atoms with van der Waals surface area (Å²) in [7, 11) is 0. The molecule has 5 nitrogen and oxygen atoms in total. The van der Waals surface area contributed by atoms with E-state index in [2.05, 4.69) is 28.6 Å². The lowest BCUT2D eigenvalue weighted by Crippen LogP contribution is -2.12. The molecule has 2 aromatic heterocycles. The molecule has 164 valence electrons. The van der Waals surface area contributed by atoms with Gasteiger partial charge in [-0.2, -0.15) is 4.98 Å². The molecule has 2 heterocycles. The van der Waals surface area contributed by atoms with Crippen molar-refractivity contribution < 1.29 is 0 Å². The first kappa shape index (κ1) is 24.1. The number of aryl methyl sites for hydroxylation is 1. The minimum atomic E-state index is 0.718. The Hall–Kier alpha value is -2.21. The van der Waals surface area contributed by atoms with Crippen LogP contribution in [-0.2, 0) is 0 Å². The number of rotatable bonds is 11. The van der Waals surface area contributed by atoms with E-state index in [1.807, 2.05) is 52.1 Å². The van der Waals surface area contributed by atoms with Crippen LogP contribution in [0.1, 0.15) is 70.4 Å². The molecule has 0 aliphatic heterocycles. The number of thiazole rings is 1. The molecule has 0 bridgehead atoms. The molecule has 0 unspecified atom stereocenters. The number of unbranched alkanes of at least 4 members (excludes halogenated alkanes) is 2. The van der Waals surface area contributed by atoms with Gasteiger partial charge in [-0.15, -0.1) is 11.3 Å². The van der Waals surface area contributed by atoms with Gasteiger partial charge in [0.15, 0.2) is 0 Å². The predicted octanol–water partition coefficient (Wildman–Crippen LogP) is 6.95. The first-order valence-electron chi connectivity index (χ1n) is 11.3. The summed E-state index contributed by atoms with van der Waals surface area (Å²) in [6.45, 7) is 12.2. The SMILES string of the molecule is C/C=C\C=C/c1cnc(-c2c(C)nc(NCC3CC3)nc2NCCCCC)s1.CC. The molecule has 0 spiro atoms. The normalized spacial score (nSPS) is 13.5. The highest BCUT2D eigenvalue weighted by Gasteiger charge is 2.22. The Kier molecular flexibility index (Phi) is 10.6. The number of nitrogens with one attached hydrogen (secondary N) is 2. The summed E-state index contributed by atoms with van der Waals surface area (Å²) in [5, 5.41) is 7.91. The Morgan fingerprint density at radius 1 is 1.13 bits per heavy atom. The summed E-state index contributed by atoms with van der Waals surface area (Å²) >= 11 is 1.67. The third kappa shape index (κ3) is 7.56. The topological polar surface area (TPSA) is 62.7 Å². The number of aromatic nitrogens is 3. The number of anilines is 2. The number of hydrogen-bond acceptors (Lipinski definition) is 6. The second-order valence-corrected chi connectivity index (χ2v) is 8.33. The van der Waals surface area contributed by atoms with Gasteiger partial charge in [0, 0.05) is 24.2 Å². The second-order valence-electron chi connectivity index (χ2n) is 7.27. The molecule has 3 rings (SSSR count). The van der Waals surface area contributed by atoms with Crippen LogP contribution in [0.15, 0.2) is 24.4 Å². The van der Waals surface area contributed by atoms with Crippen molar-refractivity contribution in [2.45, 2.75) is 66.7 Å². The Balaban J connectivity index is 0.00000155. The average molecular weight is 428 g/mol. The molecular weight excluding hydrogens is 390 g/mol. The maximum absolute atomic E-state index is 4.80. The van der Waals surface area contributed by atoms with Crippen LogP contribution in [0.5, 0.6) is 0 Å². The lowest BCUT2D eigenvalue weighted by molar-refractivity contribution is 0.742. The Morgan fingerprint density at radius 3 is 2.63 bits per heavy atom. The van der Waals surface area contributed by atoms with Crippen molar-refractivity contribution in [2.24, 2.45) is 5.92 Å². The molecule has 0 atom stereocenters. The van der Waals surface area contributed by atoms with Crippen LogP contribution in [0.2, 0.25) is 0 Å². The van der Waals surface area contributed by atoms with Crippen LogP contribution < -0.4 is 10.6 Å². The van der Waals surface area contributed by atoms with Crippen LogP contribution in [-0.4, -0.2) is 28.0 Å². The minimum Gasteiger partial charge on any atom is -0.369 e. The van der Waals surface area contributed by atoms with Gasteiger partial charge in [0.05, 0.1) is 11.3 Å². The monoisotopic (exact) mass is 427 g/mol. The fourth-order valence-electron chi connectivity index (χ4n) is 2.92. The maximum Gasteiger partial charge on any atom is 0.224 e. The summed E-state index contributed by atoms with van der Waals surface area (Å²) in [6.07, 6.45) is 16.3. The van der Waals surface area contributed by atoms with E-state index in [4.69, 9.17) is 9.97 Å². The molecular formula is C24H37N5S. The highest BCUT2D eigenvalue weighted by Crippen LogP contribution is 2.34. The van der Waals surface area contributed by atoms with Gasteiger partial charge >= 0.3 is 0 Å². The van der Waals surface area contributed by atoms with E-state index in [9.17, 15) is 0 Å². The zero-order chi connectivity index (χ0) is 21.8. The van der Waals surface area contributed by atoms with Gasteiger partial charge in [-0.1, -0.05) is 51.8 Å². The quantitative estimate of drug-likeness (QED) is 0.300. The van der Waals surface area contributed by atoms with Crippen LogP contribution in [0.4, 0.5) is 11.8 Å². The van der Waals surface area contributed by atoms with E-state index in [1.165, 1.54) is 25.7 Å². The van der Waals surface area contributed by atoms with Gasteiger partial charge < -0.3 is 10.6 Å². The first-order chi connectivity index (χ1) is 14.7. The average Bonchev–Trinajstić information content (AvgIpc) is 3.48. The van der Waals surface area contributed by atoms with Gasteiger partial charge in [0.2, 0.25) is 5.95 Å². The van der Waals surface area contributed by atoms with Gasteiger partial charge in [0.1, 0.15) is 10.8 Å². The highest BCUT2D eigenvalue weighted by atomic mass is 32.1. The molecule has 30 heavy (non-hydrogen) atoms. The van der Waals surface area contributed by atoms with E-state index in [1.54, 1.807) is 11.3 Å². The van der Waals surface area contributed by atoms with Gasteiger partial charge in [-0.05, 0) is 45.1 Å². The van der Waals surface area contributed by atoms with Crippen LogP contribution >= 0.6 is 11.3 Å². The maximum atomic E-state index is 4.80. The molecule has 2 aromatic rings. The minimum absolute atomic E-state index is 0.718. The zero-order valence-corrected chi connectivity index (χ0v) is 20.0. The summed E-state index contributed by atoms with van der Waals surface area (Å²) in [4.78, 5) is 15.3. The molecule has 1 aliphatic rings. The van der Waals surface area contributed by atoms with Crippen molar-refractivity contribution in [1.82, 2.24) is 15.0 Å². The molecule has 0 amide bonds. The van der Waals surface area contributed by atoms with Crippen molar-refractivity contribution in [3.63, 3.8) is 0 Å². The van der Waals surface area contributed by atoms with Gasteiger partial charge in [0.25, 0.3) is 0 Å². The number of allylic oxidation sites excluding steroid dienone is 3. The molecule has 6 heteroatoms. The van der Waals surface area contributed by atoms with Crippen molar-refractivity contribution in [1.29, 1.82) is 0 Å². The molecule has 2 N–H and O–H groups in total. The van der Waals surface area contributed by atoms with Gasteiger partial charge in [-0.25, -0.2) is 9.97 Å². The van der Waals surface area contributed by atoms with Crippen LogP contribution in [0.3, 0.4) is 0 Å². The largest absolute Gasteiger partial charge is 0.369 e. The number of hydrogen-bond donors (Lipinski definition) is 2. The smallest absolute Gasteiger partial charge is 0.224 e. The Labute approximate surface area is 186 Å². The Morgan fingerprint density at radius 2 is 1.93 bits per heavy atom. The van der Waals surface area contributed by atoms with Crippen molar-refractivity contribution >= 4 is 29.2 Å². The first-order valence-corrected chi connectivity index (χ1v) is 12.1. The van der Waals surface area contributed by atoms with Crippen molar-refractivity contribution in [3.8, 4) is 10.6 Å². The lowest BCUT2D eigenvalue weighted by Gasteiger charge is -2.14. The second kappa shape index (κ2) is 13.2. The van der Waals surface area contributed by atoms with Crippen molar-refractivity contribution in [2.75, 3.05) is 23.7 Å². The lowest BCUT2D eigenvalue weighted by atomic mass is 10.2. The van der Waals surface area contributed by atoms with E-state index in [-0.39, 0.29) is 0 Å². The van der Waals surface area contributed by atoms with E-state index >= 15 is 0 Å². The van der Waals surface area contributed by atoms with E-state index in [0.717, 1.165) is 58.3 Å². The summed E-state index contributed by atoms with van der Waals surface area (Å²) in [6, 6.07) is 0. The van der Waals surface area contributed by atoms with Gasteiger partial charge in [-0.3, -0.25) is 0 Å². The molecule has 1 fully saturated rings. The van der Waals surface area contributed by atoms with Crippen LogP contribution in [0.25, 0.3) is 16.6 Å². The summed E-state index contributed by atoms with van der Waals surface area (Å²) < 4.78 is 0. The highest BCUT2D eigenvalue weighted by molar-refractivity contribution is 7.15. The fraction of sp³-hybridized carbons (Fsp3) is 0.542.